The SMILES string of the molecule is COCCN(c1ccc(CO)cc1C#N)C(C)C. The molecule has 0 aliphatic carbocycles. The molecule has 0 saturated carbocycles. The van der Waals surface area contributed by atoms with E-state index in [1.807, 2.05) is 12.1 Å². The van der Waals surface area contributed by atoms with Crippen LogP contribution < -0.4 is 4.90 Å². The summed E-state index contributed by atoms with van der Waals surface area (Å²) in [6, 6.07) is 7.94. The van der Waals surface area contributed by atoms with Crippen molar-refractivity contribution in [3.8, 4) is 6.07 Å². The maximum absolute atomic E-state index is 9.20. The lowest BCUT2D eigenvalue weighted by atomic mass is 10.1. The first-order chi connectivity index (χ1) is 8.63. The lowest BCUT2D eigenvalue weighted by Crippen LogP contribution is -2.34. The highest BCUT2D eigenvalue weighted by molar-refractivity contribution is 5.61. The number of hydrogen-bond donors (Lipinski definition) is 1. The van der Waals surface area contributed by atoms with Crippen LogP contribution in [-0.4, -0.2) is 31.4 Å². The largest absolute Gasteiger partial charge is 0.392 e. The minimum Gasteiger partial charge on any atom is -0.392 e. The van der Waals surface area contributed by atoms with Gasteiger partial charge in [0, 0.05) is 19.7 Å². The number of nitriles is 1. The van der Waals surface area contributed by atoms with Crippen molar-refractivity contribution in [2.75, 3.05) is 25.2 Å². The maximum atomic E-state index is 9.20. The molecule has 0 fully saturated rings. The van der Waals surface area contributed by atoms with Crippen molar-refractivity contribution >= 4 is 5.69 Å². The smallest absolute Gasteiger partial charge is 0.101 e. The summed E-state index contributed by atoms with van der Waals surface area (Å²) in [6.07, 6.45) is 0. The zero-order valence-corrected chi connectivity index (χ0v) is 11.2. The molecule has 1 rings (SSSR count). The van der Waals surface area contributed by atoms with Crippen LogP contribution in [0.3, 0.4) is 0 Å². The van der Waals surface area contributed by atoms with Gasteiger partial charge in [0.2, 0.25) is 0 Å². The van der Waals surface area contributed by atoms with Crippen LogP contribution >= 0.6 is 0 Å². The van der Waals surface area contributed by atoms with E-state index in [9.17, 15) is 5.26 Å². The van der Waals surface area contributed by atoms with Gasteiger partial charge in [-0.3, -0.25) is 0 Å². The Morgan fingerprint density at radius 2 is 2.17 bits per heavy atom. The Morgan fingerprint density at radius 1 is 1.44 bits per heavy atom. The van der Waals surface area contributed by atoms with E-state index in [1.54, 1.807) is 13.2 Å². The van der Waals surface area contributed by atoms with Gasteiger partial charge in [-0.2, -0.15) is 5.26 Å². The van der Waals surface area contributed by atoms with E-state index < -0.39 is 0 Å². The summed E-state index contributed by atoms with van der Waals surface area (Å²) in [5.74, 6) is 0. The molecule has 0 radical (unpaired) electrons. The topological polar surface area (TPSA) is 56.5 Å². The number of methoxy groups -OCH3 is 1. The average Bonchev–Trinajstić information content (AvgIpc) is 2.38. The average molecular weight is 248 g/mol. The fourth-order valence-electron chi connectivity index (χ4n) is 1.87. The summed E-state index contributed by atoms with van der Waals surface area (Å²) in [5, 5.41) is 18.3. The van der Waals surface area contributed by atoms with Gasteiger partial charge >= 0.3 is 0 Å². The van der Waals surface area contributed by atoms with Crippen LogP contribution in [0.4, 0.5) is 5.69 Å². The fourth-order valence-corrected chi connectivity index (χ4v) is 1.87. The fraction of sp³-hybridized carbons (Fsp3) is 0.500. The van der Waals surface area contributed by atoms with Gasteiger partial charge in [-0.15, -0.1) is 0 Å². The van der Waals surface area contributed by atoms with Gasteiger partial charge in [-0.25, -0.2) is 0 Å². The highest BCUT2D eigenvalue weighted by Crippen LogP contribution is 2.23. The van der Waals surface area contributed by atoms with E-state index in [4.69, 9.17) is 9.84 Å². The number of aliphatic hydroxyl groups excluding tert-OH is 1. The first-order valence-electron chi connectivity index (χ1n) is 6.03. The second-order valence-electron chi connectivity index (χ2n) is 4.40. The first-order valence-corrected chi connectivity index (χ1v) is 6.03. The molecule has 1 N–H and O–H groups in total. The van der Waals surface area contributed by atoms with Crippen LogP contribution in [0.5, 0.6) is 0 Å². The molecule has 0 saturated heterocycles. The Balaban J connectivity index is 3.07. The summed E-state index contributed by atoms with van der Waals surface area (Å²) in [4.78, 5) is 2.13. The molecule has 0 spiro atoms. The highest BCUT2D eigenvalue weighted by atomic mass is 16.5. The molecular weight excluding hydrogens is 228 g/mol. The molecule has 1 aromatic carbocycles. The van der Waals surface area contributed by atoms with Crippen molar-refractivity contribution < 1.29 is 9.84 Å². The third kappa shape index (κ3) is 3.46. The predicted octanol–water partition coefficient (Wildman–Crippen LogP) is 1.91. The number of anilines is 1. The third-order valence-corrected chi connectivity index (χ3v) is 2.83. The molecule has 98 valence electrons. The van der Waals surface area contributed by atoms with Gasteiger partial charge < -0.3 is 14.7 Å². The van der Waals surface area contributed by atoms with Crippen molar-refractivity contribution in [3.63, 3.8) is 0 Å². The summed E-state index contributed by atoms with van der Waals surface area (Å²) >= 11 is 0. The Hall–Kier alpha value is -1.57. The molecule has 0 bridgehead atoms. The van der Waals surface area contributed by atoms with Crippen LogP contribution in [0, 0.1) is 11.3 Å². The van der Waals surface area contributed by atoms with Gasteiger partial charge in [0.25, 0.3) is 0 Å². The van der Waals surface area contributed by atoms with Gasteiger partial charge in [0.15, 0.2) is 0 Å². The van der Waals surface area contributed by atoms with Crippen LogP contribution in [0.1, 0.15) is 25.0 Å². The molecule has 4 heteroatoms. The predicted molar refractivity (Wildman–Crippen MR) is 71.4 cm³/mol. The van der Waals surface area contributed by atoms with Gasteiger partial charge in [-0.05, 0) is 31.5 Å². The maximum Gasteiger partial charge on any atom is 0.101 e. The lowest BCUT2D eigenvalue weighted by Gasteiger charge is -2.29. The molecule has 4 nitrogen and oxygen atoms in total. The summed E-state index contributed by atoms with van der Waals surface area (Å²) in [5.41, 5.74) is 2.24. The van der Waals surface area contributed by atoms with Crippen molar-refractivity contribution in [3.05, 3.63) is 29.3 Å². The van der Waals surface area contributed by atoms with E-state index in [-0.39, 0.29) is 12.6 Å². The van der Waals surface area contributed by atoms with Crippen LogP contribution in [0.25, 0.3) is 0 Å². The molecule has 0 aliphatic heterocycles. The van der Waals surface area contributed by atoms with Gasteiger partial charge in [0.1, 0.15) is 6.07 Å². The molecule has 0 heterocycles. The van der Waals surface area contributed by atoms with E-state index in [2.05, 4.69) is 24.8 Å². The molecule has 0 unspecified atom stereocenters. The Bertz CT molecular complexity index is 424. The minimum atomic E-state index is -0.0469. The van der Waals surface area contributed by atoms with Crippen LogP contribution in [-0.2, 0) is 11.3 Å². The molecule has 0 amide bonds. The second kappa shape index (κ2) is 7.00. The molecule has 18 heavy (non-hydrogen) atoms. The number of rotatable bonds is 6. The molecule has 0 aliphatic rings. The van der Waals surface area contributed by atoms with Crippen molar-refractivity contribution in [2.45, 2.75) is 26.5 Å². The highest BCUT2D eigenvalue weighted by Gasteiger charge is 2.14. The lowest BCUT2D eigenvalue weighted by molar-refractivity contribution is 0.204. The third-order valence-electron chi connectivity index (χ3n) is 2.83. The summed E-state index contributed by atoms with van der Waals surface area (Å²) < 4.78 is 5.10. The van der Waals surface area contributed by atoms with E-state index >= 15 is 0 Å². The van der Waals surface area contributed by atoms with Gasteiger partial charge in [-0.1, -0.05) is 6.07 Å². The molecule has 0 aromatic heterocycles. The molecular formula is C14H20N2O2. The molecule has 0 atom stereocenters. The van der Waals surface area contributed by atoms with Crippen molar-refractivity contribution in [1.29, 1.82) is 5.26 Å². The second-order valence-corrected chi connectivity index (χ2v) is 4.40. The van der Waals surface area contributed by atoms with Crippen molar-refractivity contribution in [1.82, 2.24) is 0 Å². The zero-order chi connectivity index (χ0) is 13.5. The Labute approximate surface area is 108 Å². The van der Waals surface area contributed by atoms with Crippen LogP contribution in [0.15, 0.2) is 18.2 Å². The first kappa shape index (κ1) is 14.5. The van der Waals surface area contributed by atoms with E-state index in [1.165, 1.54) is 0 Å². The van der Waals surface area contributed by atoms with Gasteiger partial charge in [0.05, 0.1) is 24.5 Å². The summed E-state index contributed by atoms with van der Waals surface area (Å²) in [6.45, 7) is 5.47. The molecule has 1 aromatic rings. The van der Waals surface area contributed by atoms with Crippen LogP contribution in [0.2, 0.25) is 0 Å². The minimum absolute atomic E-state index is 0.0469. The Morgan fingerprint density at radius 3 is 2.67 bits per heavy atom. The number of aliphatic hydroxyl groups is 1. The number of nitrogens with zero attached hydrogens (tertiary/aromatic N) is 2. The zero-order valence-electron chi connectivity index (χ0n) is 11.2. The number of benzene rings is 1. The standard InChI is InChI=1S/C14H20N2O2/c1-11(2)16(6-7-18-3)14-5-4-12(10-17)8-13(14)9-15/h4-5,8,11,17H,6-7,10H2,1-3H3. The summed E-state index contributed by atoms with van der Waals surface area (Å²) in [7, 11) is 1.67. The quantitative estimate of drug-likeness (QED) is 0.835. The number of hydrogen-bond acceptors (Lipinski definition) is 4. The number of ether oxygens (including phenoxy) is 1. The van der Waals surface area contributed by atoms with Crippen molar-refractivity contribution in [2.24, 2.45) is 0 Å². The van der Waals surface area contributed by atoms with E-state index in [0.717, 1.165) is 17.8 Å². The monoisotopic (exact) mass is 248 g/mol. The Kier molecular flexibility index (Phi) is 5.63. The van der Waals surface area contributed by atoms with E-state index in [0.29, 0.717) is 12.2 Å². The normalized spacial score (nSPS) is 10.4.